The highest BCUT2D eigenvalue weighted by Gasteiger charge is 2.35. The van der Waals surface area contributed by atoms with E-state index in [0.29, 0.717) is 0 Å². The van der Waals surface area contributed by atoms with Crippen molar-refractivity contribution >= 4 is 0 Å². The number of aromatic nitrogens is 1. The molecule has 80 valence electrons. The van der Waals surface area contributed by atoms with Crippen LogP contribution in [0.3, 0.4) is 0 Å². The molecular formula is C13H18N2. The Kier molecular flexibility index (Phi) is 2.45. The number of nitrogens with one attached hydrogen (secondary N) is 1. The Balaban J connectivity index is 1.69. The van der Waals surface area contributed by atoms with Gasteiger partial charge in [-0.15, -0.1) is 0 Å². The summed E-state index contributed by atoms with van der Waals surface area (Å²) in [7, 11) is 0. The first-order valence-electron chi connectivity index (χ1n) is 6.07. The number of nitrogens with zero attached hydrogens (tertiary/aromatic N) is 1. The Bertz CT molecular complexity index is 323. The van der Waals surface area contributed by atoms with Crippen molar-refractivity contribution < 1.29 is 0 Å². The molecule has 3 rings (SSSR count). The van der Waals surface area contributed by atoms with Crippen LogP contribution in [0.2, 0.25) is 0 Å². The molecule has 2 aliphatic heterocycles. The lowest BCUT2D eigenvalue weighted by molar-refractivity contribution is 0.373. The van der Waals surface area contributed by atoms with Crippen molar-refractivity contribution in [1.82, 2.24) is 10.3 Å². The minimum absolute atomic E-state index is 0.781. The van der Waals surface area contributed by atoms with Gasteiger partial charge in [-0.3, -0.25) is 4.98 Å². The minimum atomic E-state index is 0.781. The first-order valence-corrected chi connectivity index (χ1v) is 6.07. The Labute approximate surface area is 91.1 Å². The Morgan fingerprint density at radius 2 is 2.40 bits per heavy atom. The highest BCUT2D eigenvalue weighted by molar-refractivity contribution is 5.11. The average Bonchev–Trinajstić information content (AvgIpc) is 2.55. The molecule has 3 unspecified atom stereocenters. The molecule has 1 N–H and O–H groups in total. The molecule has 2 bridgehead atoms. The lowest BCUT2D eigenvalue weighted by Crippen LogP contribution is -2.35. The summed E-state index contributed by atoms with van der Waals surface area (Å²) in [5, 5.41) is 3.74. The van der Waals surface area contributed by atoms with Crippen molar-refractivity contribution in [3.05, 3.63) is 30.1 Å². The fraction of sp³-hybridized carbons (Fsp3) is 0.615. The van der Waals surface area contributed by atoms with E-state index in [0.717, 1.165) is 18.0 Å². The molecule has 3 heterocycles. The molecule has 0 aliphatic carbocycles. The smallest absolute Gasteiger partial charge is 0.0299 e. The molecule has 3 atom stereocenters. The fourth-order valence-corrected chi connectivity index (χ4v) is 3.19. The summed E-state index contributed by atoms with van der Waals surface area (Å²) >= 11 is 0. The average molecular weight is 202 g/mol. The van der Waals surface area contributed by atoms with Gasteiger partial charge >= 0.3 is 0 Å². The van der Waals surface area contributed by atoms with Gasteiger partial charge in [-0.2, -0.15) is 0 Å². The van der Waals surface area contributed by atoms with Crippen molar-refractivity contribution in [3.8, 4) is 0 Å². The third-order valence-corrected chi connectivity index (χ3v) is 3.89. The molecule has 2 aliphatic rings. The number of hydrogen-bond donors (Lipinski definition) is 1. The Morgan fingerprint density at radius 1 is 1.40 bits per heavy atom. The van der Waals surface area contributed by atoms with Gasteiger partial charge in [0.05, 0.1) is 0 Å². The van der Waals surface area contributed by atoms with Gasteiger partial charge in [0, 0.05) is 24.5 Å². The van der Waals surface area contributed by atoms with E-state index in [9.17, 15) is 0 Å². The van der Waals surface area contributed by atoms with E-state index in [-0.39, 0.29) is 0 Å². The van der Waals surface area contributed by atoms with E-state index in [1.165, 1.54) is 37.7 Å². The summed E-state index contributed by atoms with van der Waals surface area (Å²) in [6.07, 6.45) is 10.6. The maximum atomic E-state index is 4.19. The summed E-state index contributed by atoms with van der Waals surface area (Å²) in [4.78, 5) is 4.19. The predicted octanol–water partition coefficient (Wildman–Crippen LogP) is 2.15. The molecule has 15 heavy (non-hydrogen) atoms. The molecule has 2 saturated heterocycles. The second kappa shape index (κ2) is 3.93. The van der Waals surface area contributed by atoms with Crippen molar-refractivity contribution in [3.63, 3.8) is 0 Å². The molecular weight excluding hydrogens is 184 g/mol. The minimum Gasteiger partial charge on any atom is -0.311 e. The van der Waals surface area contributed by atoms with Crippen LogP contribution in [0.4, 0.5) is 0 Å². The molecule has 1 aromatic rings. The third-order valence-electron chi connectivity index (χ3n) is 3.89. The molecule has 0 saturated carbocycles. The van der Waals surface area contributed by atoms with E-state index in [2.05, 4.69) is 16.4 Å². The van der Waals surface area contributed by atoms with Crippen molar-refractivity contribution in [2.24, 2.45) is 5.92 Å². The number of rotatable bonds is 2. The van der Waals surface area contributed by atoms with Crippen LogP contribution in [0.25, 0.3) is 0 Å². The molecule has 0 radical (unpaired) electrons. The van der Waals surface area contributed by atoms with Gasteiger partial charge in [0.2, 0.25) is 0 Å². The number of piperidine rings is 1. The van der Waals surface area contributed by atoms with Crippen LogP contribution >= 0.6 is 0 Å². The van der Waals surface area contributed by atoms with Gasteiger partial charge in [-0.05, 0) is 43.2 Å². The maximum absolute atomic E-state index is 4.19. The fourth-order valence-electron chi connectivity index (χ4n) is 3.19. The van der Waals surface area contributed by atoms with Crippen LogP contribution in [0.5, 0.6) is 0 Å². The van der Waals surface area contributed by atoms with Gasteiger partial charge in [0.15, 0.2) is 0 Å². The number of pyridine rings is 1. The topological polar surface area (TPSA) is 24.9 Å². The van der Waals surface area contributed by atoms with Crippen molar-refractivity contribution in [2.45, 2.75) is 44.2 Å². The summed E-state index contributed by atoms with van der Waals surface area (Å²) < 4.78 is 0. The molecule has 0 spiro atoms. The zero-order valence-electron chi connectivity index (χ0n) is 9.02. The van der Waals surface area contributed by atoms with Crippen LogP contribution in [0.1, 0.15) is 31.2 Å². The summed E-state index contributed by atoms with van der Waals surface area (Å²) in [5.74, 6) is 0.849. The van der Waals surface area contributed by atoms with E-state index in [1.54, 1.807) is 0 Å². The largest absolute Gasteiger partial charge is 0.311 e. The summed E-state index contributed by atoms with van der Waals surface area (Å²) in [6.45, 7) is 0. The maximum Gasteiger partial charge on any atom is 0.0299 e. The van der Waals surface area contributed by atoms with E-state index in [4.69, 9.17) is 0 Å². The van der Waals surface area contributed by atoms with E-state index < -0.39 is 0 Å². The Hall–Kier alpha value is -0.890. The first-order chi connectivity index (χ1) is 7.42. The zero-order valence-corrected chi connectivity index (χ0v) is 9.02. The lowest BCUT2D eigenvalue weighted by atomic mass is 9.92. The lowest BCUT2D eigenvalue weighted by Gasteiger charge is -2.22. The number of fused-ring (bicyclic) bond motifs is 2. The second-order valence-corrected chi connectivity index (χ2v) is 4.96. The van der Waals surface area contributed by atoms with Crippen LogP contribution in [-0.2, 0) is 6.42 Å². The monoisotopic (exact) mass is 202 g/mol. The normalized spacial score (nSPS) is 34.3. The van der Waals surface area contributed by atoms with Crippen LogP contribution in [0, 0.1) is 5.92 Å². The SMILES string of the molecule is c1cncc(CC2CC3CCCC2N3)c1. The van der Waals surface area contributed by atoms with Crippen LogP contribution < -0.4 is 5.32 Å². The molecule has 2 nitrogen and oxygen atoms in total. The van der Waals surface area contributed by atoms with E-state index in [1.807, 2.05) is 18.5 Å². The van der Waals surface area contributed by atoms with Gasteiger partial charge in [0.25, 0.3) is 0 Å². The highest BCUT2D eigenvalue weighted by Crippen LogP contribution is 2.33. The van der Waals surface area contributed by atoms with Crippen LogP contribution in [0.15, 0.2) is 24.5 Å². The molecule has 2 fully saturated rings. The number of hydrogen-bond acceptors (Lipinski definition) is 2. The standard InChI is InChI=1S/C13H18N2/c1-4-12-8-11(13(5-1)15-12)7-10-3-2-6-14-9-10/h2-3,6,9,11-13,15H,1,4-5,7-8H2. The van der Waals surface area contributed by atoms with Crippen molar-refractivity contribution in [1.29, 1.82) is 0 Å². The Morgan fingerprint density at radius 3 is 3.20 bits per heavy atom. The second-order valence-electron chi connectivity index (χ2n) is 4.96. The molecule has 0 amide bonds. The molecule has 2 heteroatoms. The molecule has 0 aromatic carbocycles. The van der Waals surface area contributed by atoms with Crippen molar-refractivity contribution in [2.75, 3.05) is 0 Å². The van der Waals surface area contributed by atoms with Gasteiger partial charge in [-0.25, -0.2) is 0 Å². The predicted molar refractivity (Wildman–Crippen MR) is 60.6 cm³/mol. The van der Waals surface area contributed by atoms with Gasteiger partial charge < -0.3 is 5.32 Å². The van der Waals surface area contributed by atoms with Gasteiger partial charge in [-0.1, -0.05) is 12.5 Å². The van der Waals surface area contributed by atoms with Gasteiger partial charge in [0.1, 0.15) is 0 Å². The van der Waals surface area contributed by atoms with E-state index >= 15 is 0 Å². The third kappa shape index (κ3) is 1.91. The molecule has 1 aromatic heterocycles. The first kappa shape index (κ1) is 9.34. The highest BCUT2D eigenvalue weighted by atomic mass is 15.0. The summed E-state index contributed by atoms with van der Waals surface area (Å²) in [6, 6.07) is 5.84. The zero-order chi connectivity index (χ0) is 10.1. The summed E-state index contributed by atoms with van der Waals surface area (Å²) in [5.41, 5.74) is 1.40. The quantitative estimate of drug-likeness (QED) is 0.795. The van der Waals surface area contributed by atoms with Crippen LogP contribution in [-0.4, -0.2) is 17.1 Å².